The lowest BCUT2D eigenvalue weighted by Gasteiger charge is -2.31. The van der Waals surface area contributed by atoms with E-state index >= 15 is 0 Å². The van der Waals surface area contributed by atoms with Gasteiger partial charge in [-0.15, -0.1) is 0 Å². The number of amides is 2. The van der Waals surface area contributed by atoms with Crippen LogP contribution >= 0.6 is 0 Å². The largest absolute Gasteiger partial charge is 0.444 e. The molecule has 0 aromatic rings. The van der Waals surface area contributed by atoms with Crippen LogP contribution < -0.4 is 10.6 Å². The Morgan fingerprint density at radius 1 is 1.21 bits per heavy atom. The molecule has 1 fully saturated rings. The van der Waals surface area contributed by atoms with Crippen molar-refractivity contribution in [1.29, 1.82) is 0 Å². The first-order valence-corrected chi connectivity index (χ1v) is 9.88. The number of nitrogens with zero attached hydrogens (tertiary/aromatic N) is 1. The molecule has 0 atom stereocenters. The summed E-state index contributed by atoms with van der Waals surface area (Å²) in [5, 5.41) is 5.41. The van der Waals surface area contributed by atoms with E-state index in [1.807, 2.05) is 0 Å². The van der Waals surface area contributed by atoms with E-state index in [9.17, 15) is 18.0 Å². The van der Waals surface area contributed by atoms with Crippen LogP contribution in [0.25, 0.3) is 0 Å². The van der Waals surface area contributed by atoms with Crippen molar-refractivity contribution in [3.63, 3.8) is 0 Å². The Balaban J connectivity index is 2.24. The Hall–Kier alpha value is -1.35. The van der Waals surface area contributed by atoms with Gasteiger partial charge in [0.25, 0.3) is 0 Å². The molecule has 140 valence electrons. The molecule has 0 aromatic heterocycles. The van der Waals surface area contributed by atoms with Gasteiger partial charge in [-0.05, 0) is 40.5 Å². The Labute approximate surface area is 144 Å². The molecule has 0 aliphatic carbocycles. The van der Waals surface area contributed by atoms with Gasteiger partial charge >= 0.3 is 6.09 Å². The van der Waals surface area contributed by atoms with Crippen molar-refractivity contribution in [1.82, 2.24) is 14.9 Å². The van der Waals surface area contributed by atoms with E-state index in [0.29, 0.717) is 25.9 Å². The summed E-state index contributed by atoms with van der Waals surface area (Å²) in [4.78, 5) is 23.3. The Morgan fingerprint density at radius 2 is 1.79 bits per heavy atom. The van der Waals surface area contributed by atoms with Crippen molar-refractivity contribution in [2.75, 3.05) is 25.4 Å². The van der Waals surface area contributed by atoms with Crippen LogP contribution in [0.2, 0.25) is 0 Å². The van der Waals surface area contributed by atoms with Crippen LogP contribution in [0.4, 0.5) is 4.79 Å². The van der Waals surface area contributed by atoms with Crippen LogP contribution in [0.5, 0.6) is 0 Å². The molecule has 0 unspecified atom stereocenters. The second-order valence-electron chi connectivity index (χ2n) is 6.82. The van der Waals surface area contributed by atoms with Gasteiger partial charge in [0.05, 0.1) is 5.75 Å². The molecule has 8 nitrogen and oxygen atoms in total. The highest BCUT2D eigenvalue weighted by Crippen LogP contribution is 2.14. The molecule has 9 heteroatoms. The smallest absolute Gasteiger partial charge is 0.407 e. The number of hydrogen-bond donors (Lipinski definition) is 2. The van der Waals surface area contributed by atoms with Crippen LogP contribution in [0.3, 0.4) is 0 Å². The highest BCUT2D eigenvalue weighted by atomic mass is 32.2. The van der Waals surface area contributed by atoms with E-state index in [-0.39, 0.29) is 30.7 Å². The number of sulfonamides is 1. The van der Waals surface area contributed by atoms with Crippen molar-refractivity contribution in [2.45, 2.75) is 58.6 Å². The lowest BCUT2D eigenvalue weighted by molar-refractivity contribution is -0.121. The van der Waals surface area contributed by atoms with E-state index in [0.717, 1.165) is 0 Å². The molecule has 1 rings (SSSR count). The molecule has 0 bridgehead atoms. The van der Waals surface area contributed by atoms with Gasteiger partial charge in [0, 0.05) is 32.1 Å². The minimum Gasteiger partial charge on any atom is -0.444 e. The predicted octanol–water partition coefficient (Wildman–Crippen LogP) is 0.832. The summed E-state index contributed by atoms with van der Waals surface area (Å²) < 4.78 is 30.1. The number of rotatable bonds is 6. The molecular weight excluding hydrogens is 334 g/mol. The van der Waals surface area contributed by atoms with Gasteiger partial charge in [-0.3, -0.25) is 4.79 Å². The molecule has 0 spiro atoms. The lowest BCUT2D eigenvalue weighted by Crippen LogP contribution is -2.47. The fourth-order valence-corrected chi connectivity index (χ4v) is 3.49. The molecule has 0 radical (unpaired) electrons. The van der Waals surface area contributed by atoms with Gasteiger partial charge in [0.2, 0.25) is 15.9 Å². The predicted molar refractivity (Wildman–Crippen MR) is 91.1 cm³/mol. The minimum atomic E-state index is -3.15. The summed E-state index contributed by atoms with van der Waals surface area (Å²) in [6.45, 7) is 7.98. The van der Waals surface area contributed by atoms with Gasteiger partial charge in [0.1, 0.15) is 5.60 Å². The third-order valence-electron chi connectivity index (χ3n) is 3.60. The third-order valence-corrected chi connectivity index (χ3v) is 5.48. The molecule has 24 heavy (non-hydrogen) atoms. The average Bonchev–Trinajstić information content (AvgIpc) is 2.46. The standard InChI is InChI=1S/C15H29N3O5S/c1-5-24(21,22)18-10-7-12(8-11-18)17-13(19)6-9-16-14(20)23-15(2,3)4/h12H,5-11H2,1-4H3,(H,16,20)(H,17,19). The van der Waals surface area contributed by atoms with Gasteiger partial charge < -0.3 is 15.4 Å². The van der Waals surface area contributed by atoms with Crippen LogP contribution in [-0.2, 0) is 19.6 Å². The van der Waals surface area contributed by atoms with E-state index < -0.39 is 21.7 Å². The number of nitrogens with one attached hydrogen (secondary N) is 2. The SMILES string of the molecule is CCS(=O)(=O)N1CCC(NC(=O)CCNC(=O)OC(C)(C)C)CC1. The minimum absolute atomic E-state index is 0.0256. The first-order chi connectivity index (χ1) is 11.0. The topological polar surface area (TPSA) is 105 Å². The molecule has 0 aromatic carbocycles. The summed E-state index contributed by atoms with van der Waals surface area (Å²) in [5.41, 5.74) is -0.570. The monoisotopic (exact) mass is 363 g/mol. The van der Waals surface area contributed by atoms with Crippen molar-refractivity contribution in [3.05, 3.63) is 0 Å². The summed E-state index contributed by atoms with van der Waals surface area (Å²) in [6.07, 6.45) is 0.815. The number of alkyl carbamates (subject to hydrolysis) is 1. The van der Waals surface area contributed by atoms with E-state index in [2.05, 4.69) is 10.6 Å². The van der Waals surface area contributed by atoms with Gasteiger partial charge in [0.15, 0.2) is 0 Å². The highest BCUT2D eigenvalue weighted by molar-refractivity contribution is 7.89. The molecule has 2 amide bonds. The van der Waals surface area contributed by atoms with Gasteiger partial charge in [-0.2, -0.15) is 0 Å². The number of piperidine rings is 1. The maximum Gasteiger partial charge on any atom is 0.407 e. The fourth-order valence-electron chi connectivity index (χ4n) is 2.35. The number of carbonyl (C=O) groups is 2. The Bertz CT molecular complexity index is 534. The first kappa shape index (κ1) is 20.7. The summed E-state index contributed by atoms with van der Waals surface area (Å²) >= 11 is 0. The molecule has 2 N–H and O–H groups in total. The molecule has 1 saturated heterocycles. The quantitative estimate of drug-likeness (QED) is 0.727. The van der Waals surface area contributed by atoms with Crippen LogP contribution in [0.15, 0.2) is 0 Å². The normalized spacial score (nSPS) is 17.3. The van der Waals surface area contributed by atoms with E-state index in [1.165, 1.54) is 4.31 Å². The molecule has 0 saturated carbocycles. The van der Waals surface area contributed by atoms with E-state index in [1.54, 1.807) is 27.7 Å². The van der Waals surface area contributed by atoms with Crippen molar-refractivity contribution < 1.29 is 22.7 Å². The maximum absolute atomic E-state index is 11.9. The first-order valence-electron chi connectivity index (χ1n) is 8.27. The summed E-state index contributed by atoms with van der Waals surface area (Å²) in [7, 11) is -3.15. The number of carbonyl (C=O) groups excluding carboxylic acids is 2. The summed E-state index contributed by atoms with van der Waals surface area (Å²) in [6, 6.07) is -0.0256. The average molecular weight is 363 g/mol. The second kappa shape index (κ2) is 8.66. The van der Waals surface area contributed by atoms with Crippen LogP contribution in [0, 0.1) is 0 Å². The maximum atomic E-state index is 11.9. The van der Waals surface area contributed by atoms with Crippen molar-refractivity contribution in [2.24, 2.45) is 0 Å². The number of ether oxygens (including phenoxy) is 1. The zero-order chi connectivity index (χ0) is 18.4. The highest BCUT2D eigenvalue weighted by Gasteiger charge is 2.27. The van der Waals surface area contributed by atoms with Crippen molar-refractivity contribution in [3.8, 4) is 0 Å². The lowest BCUT2D eigenvalue weighted by atomic mass is 10.1. The van der Waals surface area contributed by atoms with Crippen molar-refractivity contribution >= 4 is 22.0 Å². The van der Waals surface area contributed by atoms with Gasteiger partial charge in [-0.1, -0.05) is 0 Å². The van der Waals surface area contributed by atoms with Crippen LogP contribution in [0.1, 0.15) is 47.0 Å². The zero-order valence-corrected chi connectivity index (χ0v) is 15.7. The Kier molecular flexibility index (Phi) is 7.47. The third kappa shape index (κ3) is 7.48. The molecule has 1 aliphatic rings. The number of hydrogen-bond acceptors (Lipinski definition) is 5. The fraction of sp³-hybridized carbons (Fsp3) is 0.867. The van der Waals surface area contributed by atoms with Crippen LogP contribution in [-0.4, -0.2) is 61.8 Å². The second-order valence-corrected chi connectivity index (χ2v) is 9.08. The van der Waals surface area contributed by atoms with E-state index in [4.69, 9.17) is 4.74 Å². The molecular formula is C15H29N3O5S. The molecule has 1 aliphatic heterocycles. The summed E-state index contributed by atoms with van der Waals surface area (Å²) in [5.74, 6) is -0.0664. The Morgan fingerprint density at radius 3 is 2.29 bits per heavy atom. The molecule has 1 heterocycles. The zero-order valence-electron chi connectivity index (χ0n) is 14.9. The van der Waals surface area contributed by atoms with Gasteiger partial charge in [-0.25, -0.2) is 17.5 Å².